The van der Waals surface area contributed by atoms with E-state index in [0.717, 1.165) is 22.6 Å². The van der Waals surface area contributed by atoms with E-state index in [9.17, 15) is 0 Å². The van der Waals surface area contributed by atoms with Crippen LogP contribution in [0.4, 0.5) is 0 Å². The molecule has 0 saturated carbocycles. The maximum atomic E-state index is 4.62. The Hall–Kier alpha value is -2.42. The van der Waals surface area contributed by atoms with Crippen LogP contribution >= 0.6 is 0 Å². The zero-order valence-corrected chi connectivity index (χ0v) is 12.9. The van der Waals surface area contributed by atoms with Gasteiger partial charge >= 0.3 is 0 Å². The zero-order chi connectivity index (χ0) is 15.0. The minimum atomic E-state index is 0.923. The standard InChI is InChI=1S/C18H19N3/c1-11-7-5-6-8-15(11)16-10-19-17(9-12(16)2)18-13(3)14(4)20-21-18/h5-10H,1-4H3,(H,20,21). The predicted molar refractivity (Wildman–Crippen MR) is 86.2 cm³/mol. The second-order valence-electron chi connectivity index (χ2n) is 5.52. The van der Waals surface area contributed by atoms with Gasteiger partial charge in [0.2, 0.25) is 0 Å². The summed E-state index contributed by atoms with van der Waals surface area (Å²) in [4.78, 5) is 4.62. The molecular formula is C18H19N3. The number of H-pyrrole nitrogens is 1. The molecule has 0 aliphatic rings. The highest BCUT2D eigenvalue weighted by Gasteiger charge is 2.12. The van der Waals surface area contributed by atoms with Gasteiger partial charge in [-0.2, -0.15) is 5.10 Å². The van der Waals surface area contributed by atoms with Crippen LogP contribution in [-0.2, 0) is 0 Å². The number of rotatable bonds is 2. The van der Waals surface area contributed by atoms with Gasteiger partial charge in [0.15, 0.2) is 0 Å². The van der Waals surface area contributed by atoms with Crippen LogP contribution in [0.15, 0.2) is 36.5 Å². The van der Waals surface area contributed by atoms with Gasteiger partial charge in [-0.05, 0) is 56.0 Å². The molecule has 3 nitrogen and oxygen atoms in total. The van der Waals surface area contributed by atoms with E-state index in [1.807, 2.05) is 13.1 Å². The van der Waals surface area contributed by atoms with Crippen molar-refractivity contribution in [1.82, 2.24) is 15.2 Å². The van der Waals surface area contributed by atoms with Crippen LogP contribution in [0.1, 0.15) is 22.4 Å². The van der Waals surface area contributed by atoms with E-state index < -0.39 is 0 Å². The molecule has 0 unspecified atom stereocenters. The van der Waals surface area contributed by atoms with E-state index in [1.165, 1.54) is 22.3 Å². The molecule has 0 radical (unpaired) electrons. The second kappa shape index (κ2) is 5.17. The summed E-state index contributed by atoms with van der Waals surface area (Å²) in [5.41, 5.74) is 9.01. The molecule has 3 aromatic rings. The Morgan fingerprint density at radius 2 is 1.67 bits per heavy atom. The predicted octanol–water partition coefficient (Wildman–Crippen LogP) is 4.37. The fraction of sp³-hybridized carbons (Fsp3) is 0.222. The van der Waals surface area contributed by atoms with Crippen molar-refractivity contribution in [3.63, 3.8) is 0 Å². The summed E-state index contributed by atoms with van der Waals surface area (Å²) >= 11 is 0. The third-order valence-electron chi connectivity index (χ3n) is 4.04. The Morgan fingerprint density at radius 3 is 2.29 bits per heavy atom. The van der Waals surface area contributed by atoms with E-state index in [2.05, 4.69) is 66.3 Å². The van der Waals surface area contributed by atoms with Gasteiger partial charge in [0.05, 0.1) is 5.69 Å². The van der Waals surface area contributed by atoms with Gasteiger partial charge in [-0.3, -0.25) is 10.1 Å². The number of nitrogens with zero attached hydrogens (tertiary/aromatic N) is 2. The first-order valence-corrected chi connectivity index (χ1v) is 7.12. The van der Waals surface area contributed by atoms with Crippen LogP contribution in [0, 0.1) is 27.7 Å². The molecule has 1 N–H and O–H groups in total. The van der Waals surface area contributed by atoms with Gasteiger partial charge in [-0.1, -0.05) is 24.3 Å². The van der Waals surface area contributed by atoms with Gasteiger partial charge in [-0.15, -0.1) is 0 Å². The van der Waals surface area contributed by atoms with Crippen molar-refractivity contribution in [3.8, 4) is 22.5 Å². The minimum Gasteiger partial charge on any atom is -0.282 e. The fourth-order valence-corrected chi connectivity index (χ4v) is 2.58. The van der Waals surface area contributed by atoms with E-state index in [4.69, 9.17) is 0 Å². The molecule has 2 aromatic heterocycles. The number of nitrogens with one attached hydrogen (secondary N) is 1. The molecule has 21 heavy (non-hydrogen) atoms. The molecule has 0 aliphatic heterocycles. The maximum absolute atomic E-state index is 4.62. The fourth-order valence-electron chi connectivity index (χ4n) is 2.58. The Labute approximate surface area is 125 Å². The third kappa shape index (κ3) is 2.35. The summed E-state index contributed by atoms with van der Waals surface area (Å²) in [6, 6.07) is 10.5. The summed E-state index contributed by atoms with van der Waals surface area (Å²) in [7, 11) is 0. The summed E-state index contributed by atoms with van der Waals surface area (Å²) < 4.78 is 0. The highest BCUT2D eigenvalue weighted by molar-refractivity contribution is 5.72. The van der Waals surface area contributed by atoms with Crippen LogP contribution in [0.2, 0.25) is 0 Å². The summed E-state index contributed by atoms with van der Waals surface area (Å²) in [6.07, 6.45) is 1.95. The summed E-state index contributed by atoms with van der Waals surface area (Å²) in [6.45, 7) is 8.35. The Kier molecular flexibility index (Phi) is 3.34. The molecule has 2 heterocycles. The van der Waals surface area contributed by atoms with Gasteiger partial charge in [0, 0.05) is 17.5 Å². The van der Waals surface area contributed by atoms with Crippen molar-refractivity contribution >= 4 is 0 Å². The van der Waals surface area contributed by atoms with E-state index in [1.54, 1.807) is 0 Å². The molecule has 0 fully saturated rings. The van der Waals surface area contributed by atoms with Crippen molar-refractivity contribution in [2.45, 2.75) is 27.7 Å². The van der Waals surface area contributed by atoms with Crippen molar-refractivity contribution < 1.29 is 0 Å². The van der Waals surface area contributed by atoms with Crippen molar-refractivity contribution in [2.75, 3.05) is 0 Å². The van der Waals surface area contributed by atoms with Crippen LogP contribution in [0.3, 0.4) is 0 Å². The van der Waals surface area contributed by atoms with Gasteiger partial charge in [-0.25, -0.2) is 0 Å². The Morgan fingerprint density at radius 1 is 0.905 bits per heavy atom. The van der Waals surface area contributed by atoms with Crippen LogP contribution in [0.25, 0.3) is 22.5 Å². The number of hydrogen-bond acceptors (Lipinski definition) is 2. The normalized spacial score (nSPS) is 10.9. The number of pyridine rings is 1. The molecule has 0 aliphatic carbocycles. The largest absolute Gasteiger partial charge is 0.282 e. The minimum absolute atomic E-state index is 0.923. The molecule has 3 heteroatoms. The molecule has 0 atom stereocenters. The molecule has 3 rings (SSSR count). The summed E-state index contributed by atoms with van der Waals surface area (Å²) in [5.74, 6) is 0. The highest BCUT2D eigenvalue weighted by atomic mass is 15.1. The molecule has 0 spiro atoms. The van der Waals surface area contributed by atoms with Crippen molar-refractivity contribution in [2.24, 2.45) is 0 Å². The SMILES string of the molecule is Cc1ccccc1-c1cnc(-c2n[nH]c(C)c2C)cc1C. The number of aromatic nitrogens is 3. The summed E-state index contributed by atoms with van der Waals surface area (Å²) in [5, 5.41) is 7.38. The van der Waals surface area contributed by atoms with Crippen LogP contribution in [0.5, 0.6) is 0 Å². The quantitative estimate of drug-likeness (QED) is 0.755. The Balaban J connectivity index is 2.09. The molecule has 106 valence electrons. The number of aryl methyl sites for hydroxylation is 3. The number of aromatic amines is 1. The van der Waals surface area contributed by atoms with E-state index in [0.29, 0.717) is 0 Å². The second-order valence-corrected chi connectivity index (χ2v) is 5.52. The average molecular weight is 277 g/mol. The average Bonchev–Trinajstić information content (AvgIpc) is 2.80. The highest BCUT2D eigenvalue weighted by Crippen LogP contribution is 2.29. The van der Waals surface area contributed by atoms with E-state index in [-0.39, 0.29) is 0 Å². The molecule has 1 aromatic carbocycles. The topological polar surface area (TPSA) is 41.6 Å². The number of hydrogen-bond donors (Lipinski definition) is 1. The lowest BCUT2D eigenvalue weighted by Crippen LogP contribution is -1.92. The Bertz CT molecular complexity index is 800. The monoisotopic (exact) mass is 277 g/mol. The number of benzene rings is 1. The molecule has 0 amide bonds. The van der Waals surface area contributed by atoms with Crippen LogP contribution in [-0.4, -0.2) is 15.2 Å². The lowest BCUT2D eigenvalue weighted by molar-refractivity contribution is 1.04. The lowest BCUT2D eigenvalue weighted by Gasteiger charge is -2.10. The first kappa shape index (κ1) is 13.6. The third-order valence-corrected chi connectivity index (χ3v) is 4.04. The van der Waals surface area contributed by atoms with Gasteiger partial charge < -0.3 is 0 Å². The van der Waals surface area contributed by atoms with Gasteiger partial charge in [0.25, 0.3) is 0 Å². The molecule has 0 saturated heterocycles. The molecular weight excluding hydrogens is 258 g/mol. The maximum Gasteiger partial charge on any atom is 0.114 e. The smallest absolute Gasteiger partial charge is 0.114 e. The zero-order valence-electron chi connectivity index (χ0n) is 12.9. The van der Waals surface area contributed by atoms with Crippen LogP contribution < -0.4 is 0 Å². The first-order valence-electron chi connectivity index (χ1n) is 7.12. The van der Waals surface area contributed by atoms with Crippen molar-refractivity contribution in [3.05, 3.63) is 58.9 Å². The van der Waals surface area contributed by atoms with E-state index >= 15 is 0 Å². The van der Waals surface area contributed by atoms with Crippen molar-refractivity contribution in [1.29, 1.82) is 0 Å². The first-order chi connectivity index (χ1) is 10.1. The molecule has 0 bridgehead atoms. The van der Waals surface area contributed by atoms with Gasteiger partial charge in [0.1, 0.15) is 5.69 Å². The lowest BCUT2D eigenvalue weighted by atomic mass is 9.97.